The number of hydrogen-bond acceptors (Lipinski definition) is 6. The Morgan fingerprint density at radius 1 is 1.17 bits per heavy atom. The van der Waals surface area contributed by atoms with Crippen molar-refractivity contribution in [1.29, 1.82) is 0 Å². The lowest BCUT2D eigenvalue weighted by molar-refractivity contribution is -0.155. The van der Waals surface area contributed by atoms with Crippen molar-refractivity contribution in [2.75, 3.05) is 12.4 Å². The van der Waals surface area contributed by atoms with Crippen LogP contribution in [0.2, 0.25) is 0 Å². The van der Waals surface area contributed by atoms with Crippen molar-refractivity contribution in [3.05, 3.63) is 53.1 Å². The zero-order chi connectivity index (χ0) is 26.4. The minimum atomic E-state index is -4.68. The zero-order valence-corrected chi connectivity index (χ0v) is 20.1. The van der Waals surface area contributed by atoms with Crippen molar-refractivity contribution < 1.29 is 46.2 Å². The molecule has 13 heteroatoms. The molecular formula is C23H23BF5NO5S. The summed E-state index contributed by atoms with van der Waals surface area (Å²) in [6.45, 7) is 0.962. The molecule has 0 radical (unpaired) electrons. The van der Waals surface area contributed by atoms with Gasteiger partial charge >= 0.3 is 13.5 Å². The largest absolute Gasteiger partial charge is 0.707 e. The first-order valence-corrected chi connectivity index (χ1v) is 12.0. The van der Waals surface area contributed by atoms with Gasteiger partial charge in [-0.2, -0.15) is 17.6 Å². The fourth-order valence-corrected chi connectivity index (χ4v) is 5.99. The van der Waals surface area contributed by atoms with Crippen molar-refractivity contribution in [1.82, 2.24) is 0 Å². The van der Waals surface area contributed by atoms with Crippen LogP contribution in [-0.2, 0) is 4.79 Å². The van der Waals surface area contributed by atoms with Crippen LogP contribution in [0.25, 0.3) is 0 Å². The second-order valence-corrected chi connectivity index (χ2v) is 10.7. The summed E-state index contributed by atoms with van der Waals surface area (Å²) >= 11 is 0.392. The molecule has 1 aliphatic heterocycles. The van der Waals surface area contributed by atoms with E-state index >= 15 is 0 Å². The normalized spacial score (nSPS) is 23.9. The van der Waals surface area contributed by atoms with E-state index in [1.807, 2.05) is 0 Å². The van der Waals surface area contributed by atoms with E-state index in [9.17, 15) is 36.8 Å². The molecule has 4 rings (SSSR count). The highest BCUT2D eigenvalue weighted by Gasteiger charge is 2.60. The molecule has 2 aromatic rings. The van der Waals surface area contributed by atoms with Crippen LogP contribution in [0.4, 0.5) is 27.6 Å². The first kappa shape index (κ1) is 26.6. The van der Waals surface area contributed by atoms with Crippen molar-refractivity contribution in [2.24, 2.45) is 0 Å². The van der Waals surface area contributed by atoms with Crippen LogP contribution in [0.15, 0.2) is 30.3 Å². The summed E-state index contributed by atoms with van der Waals surface area (Å²) < 4.78 is 77.6. The first-order valence-electron chi connectivity index (χ1n) is 11.1. The van der Waals surface area contributed by atoms with E-state index in [2.05, 4.69) is 5.32 Å². The van der Waals surface area contributed by atoms with Gasteiger partial charge in [0.05, 0.1) is 12.4 Å². The Labute approximate surface area is 208 Å². The molecule has 1 aliphatic carbocycles. The van der Waals surface area contributed by atoms with Crippen LogP contribution in [0, 0.1) is 11.6 Å². The highest BCUT2D eigenvalue weighted by molar-refractivity contribution is 8.02. The van der Waals surface area contributed by atoms with Crippen molar-refractivity contribution in [2.45, 2.75) is 54.2 Å². The van der Waals surface area contributed by atoms with Gasteiger partial charge in [0, 0.05) is 23.2 Å². The van der Waals surface area contributed by atoms with Gasteiger partial charge < -0.3 is 24.8 Å². The monoisotopic (exact) mass is 531 g/mol. The second kappa shape index (κ2) is 9.75. The van der Waals surface area contributed by atoms with Crippen LogP contribution < -0.4 is 14.7 Å². The summed E-state index contributed by atoms with van der Waals surface area (Å²) in [4.78, 5) is 13.3. The molecule has 1 saturated carbocycles. The smallest absolute Gasteiger partial charge is 0.512 e. The number of rotatable bonds is 7. The highest BCUT2D eigenvalue weighted by Crippen LogP contribution is 2.59. The highest BCUT2D eigenvalue weighted by atomic mass is 32.2. The number of amides is 1. The van der Waals surface area contributed by atoms with Crippen LogP contribution in [0.3, 0.4) is 0 Å². The second-order valence-electron chi connectivity index (χ2n) is 9.02. The van der Waals surface area contributed by atoms with Crippen molar-refractivity contribution in [3.63, 3.8) is 0 Å². The van der Waals surface area contributed by atoms with Crippen molar-refractivity contribution in [3.8, 4) is 11.5 Å². The Morgan fingerprint density at radius 2 is 1.83 bits per heavy atom. The van der Waals surface area contributed by atoms with Gasteiger partial charge in [-0.25, -0.2) is 4.39 Å². The molecule has 1 saturated heterocycles. The number of carbonyl (C=O) groups excluding carboxylic acids is 1. The van der Waals surface area contributed by atoms with Gasteiger partial charge in [-0.1, -0.05) is 12.1 Å². The Kier molecular flexibility index (Phi) is 7.19. The summed E-state index contributed by atoms with van der Waals surface area (Å²) in [5.74, 6) is -4.76. The van der Waals surface area contributed by atoms with Gasteiger partial charge in [-0.05, 0) is 49.8 Å². The SMILES string of the molecule is COc1c(C2CC(C)(C(F)(F)F)SC2C(=O)Nc2ccc(C3CC3)c(OB(O)O)c2)ccc(F)c1F. The topological polar surface area (TPSA) is 88.0 Å². The van der Waals surface area contributed by atoms with Gasteiger partial charge in [-0.15, -0.1) is 11.8 Å². The molecule has 1 heterocycles. The Balaban J connectivity index is 1.67. The summed E-state index contributed by atoms with van der Waals surface area (Å²) in [6.07, 6.45) is -3.47. The molecule has 6 nitrogen and oxygen atoms in total. The first-order chi connectivity index (χ1) is 16.8. The standard InChI is InChI=1S/C23H23BF5NO5S/c1-22(23(27,28)29)10-15(14-7-8-16(25)18(26)19(14)34-2)20(36-22)21(31)30-12-5-6-13(11-3-4-11)17(9-12)35-24(32)33/h5-9,11,15,20,32-33H,3-4,10H2,1-2H3,(H,30,31). The summed E-state index contributed by atoms with van der Waals surface area (Å²) in [7, 11) is -1.03. The van der Waals surface area contributed by atoms with E-state index in [-0.39, 0.29) is 22.9 Å². The Morgan fingerprint density at radius 3 is 2.42 bits per heavy atom. The van der Waals surface area contributed by atoms with Crippen LogP contribution >= 0.6 is 11.8 Å². The van der Waals surface area contributed by atoms with E-state index < -0.39 is 59.1 Å². The van der Waals surface area contributed by atoms with Gasteiger partial charge in [0.15, 0.2) is 11.6 Å². The average molecular weight is 531 g/mol. The number of ether oxygens (including phenoxy) is 1. The van der Waals surface area contributed by atoms with E-state index in [1.165, 1.54) is 12.1 Å². The number of halogens is 5. The molecule has 2 aliphatic rings. The molecular weight excluding hydrogens is 508 g/mol. The lowest BCUT2D eigenvalue weighted by Crippen LogP contribution is -2.37. The van der Waals surface area contributed by atoms with Crippen molar-refractivity contribution >= 4 is 30.7 Å². The van der Waals surface area contributed by atoms with E-state index in [1.54, 1.807) is 6.07 Å². The number of thioether (sulfide) groups is 1. The van der Waals surface area contributed by atoms with Gasteiger partial charge in [0.2, 0.25) is 11.7 Å². The van der Waals surface area contributed by atoms with Gasteiger partial charge in [0.1, 0.15) is 10.5 Å². The fraction of sp³-hybridized carbons (Fsp3) is 0.435. The van der Waals surface area contributed by atoms with E-state index in [0.717, 1.165) is 39.0 Å². The molecule has 3 atom stereocenters. The number of nitrogens with one attached hydrogen (secondary N) is 1. The third kappa shape index (κ3) is 5.14. The lowest BCUT2D eigenvalue weighted by atomic mass is 9.85. The van der Waals surface area contributed by atoms with Crippen LogP contribution in [0.5, 0.6) is 11.5 Å². The lowest BCUT2D eigenvalue weighted by Gasteiger charge is -2.26. The molecule has 0 spiro atoms. The summed E-state index contributed by atoms with van der Waals surface area (Å²) in [5.41, 5.74) is 0.830. The van der Waals surface area contributed by atoms with Crippen LogP contribution in [-0.4, -0.2) is 46.6 Å². The molecule has 1 amide bonds. The molecule has 3 N–H and O–H groups in total. The number of carbonyl (C=O) groups is 1. The summed E-state index contributed by atoms with van der Waals surface area (Å²) in [6, 6.07) is 6.46. The predicted molar refractivity (Wildman–Crippen MR) is 124 cm³/mol. The van der Waals surface area contributed by atoms with Gasteiger partial charge in [-0.3, -0.25) is 4.79 Å². The zero-order valence-electron chi connectivity index (χ0n) is 19.2. The molecule has 2 fully saturated rings. The maximum absolute atomic E-state index is 14.4. The maximum Gasteiger partial charge on any atom is 0.707 e. The number of anilines is 1. The quantitative estimate of drug-likeness (QED) is 0.353. The molecule has 3 unspecified atom stereocenters. The molecule has 0 bridgehead atoms. The van der Waals surface area contributed by atoms with Gasteiger partial charge in [0.25, 0.3) is 0 Å². The minimum Gasteiger partial charge on any atom is -0.512 e. The molecule has 0 aromatic heterocycles. The van der Waals surface area contributed by atoms with E-state index in [4.69, 9.17) is 9.39 Å². The van der Waals surface area contributed by atoms with E-state index in [0.29, 0.717) is 17.3 Å². The minimum absolute atomic E-state index is 0.0477. The third-order valence-corrected chi connectivity index (χ3v) is 8.15. The number of alkyl halides is 3. The number of hydrogen-bond donors (Lipinski definition) is 3. The predicted octanol–water partition coefficient (Wildman–Crippen LogP) is 4.75. The fourth-order valence-electron chi connectivity index (χ4n) is 4.45. The third-order valence-electron chi connectivity index (χ3n) is 6.43. The Hall–Kier alpha value is -2.51. The number of benzene rings is 2. The number of methoxy groups -OCH3 is 1. The Bertz CT molecular complexity index is 1160. The molecule has 2 aromatic carbocycles. The average Bonchev–Trinajstić information content (AvgIpc) is 3.56. The van der Waals surface area contributed by atoms with Crippen LogP contribution in [0.1, 0.15) is 49.1 Å². The molecule has 36 heavy (non-hydrogen) atoms. The maximum atomic E-state index is 14.4. The molecule has 194 valence electrons. The summed E-state index contributed by atoms with van der Waals surface area (Å²) in [5, 5.41) is 19.7.